The molecule has 0 amide bonds. The van der Waals surface area contributed by atoms with Crippen molar-refractivity contribution in [2.75, 3.05) is 25.1 Å². The van der Waals surface area contributed by atoms with Gasteiger partial charge < -0.3 is 14.6 Å². The number of aromatic nitrogens is 2. The molecule has 0 saturated carbocycles. The number of rotatable bonds is 4. The predicted molar refractivity (Wildman–Crippen MR) is 97.7 cm³/mol. The van der Waals surface area contributed by atoms with Crippen molar-refractivity contribution in [1.29, 1.82) is 0 Å². The summed E-state index contributed by atoms with van der Waals surface area (Å²) in [4.78, 5) is 10.5. The van der Waals surface area contributed by atoms with Crippen LogP contribution in [0.15, 0.2) is 48.5 Å². The molecule has 4 heteroatoms. The van der Waals surface area contributed by atoms with Gasteiger partial charge in [0, 0.05) is 19.2 Å². The lowest BCUT2D eigenvalue weighted by Crippen LogP contribution is -2.35. The van der Waals surface area contributed by atoms with Crippen LogP contribution in [0.2, 0.25) is 0 Å². The molecule has 4 nitrogen and oxygen atoms in total. The minimum Gasteiger partial charge on any atom is -0.497 e. The highest BCUT2D eigenvalue weighted by atomic mass is 16.5. The molecule has 0 spiro atoms. The van der Waals surface area contributed by atoms with Crippen LogP contribution in [0.4, 0.5) is 5.95 Å². The topological polar surface area (TPSA) is 41.1 Å². The summed E-state index contributed by atoms with van der Waals surface area (Å²) in [7, 11) is 1.69. The van der Waals surface area contributed by atoms with Gasteiger partial charge in [-0.25, -0.2) is 4.98 Å². The van der Waals surface area contributed by atoms with Crippen molar-refractivity contribution in [3.63, 3.8) is 0 Å². The van der Waals surface area contributed by atoms with E-state index in [1.807, 2.05) is 18.2 Å². The van der Waals surface area contributed by atoms with E-state index in [0.717, 1.165) is 41.7 Å². The third kappa shape index (κ3) is 3.09. The number of nitrogens with zero attached hydrogens (tertiary/aromatic N) is 2. The zero-order chi connectivity index (χ0) is 16.4. The molecular weight excluding hydrogens is 298 g/mol. The van der Waals surface area contributed by atoms with Gasteiger partial charge in [0.25, 0.3) is 0 Å². The minimum absolute atomic E-state index is 0.771. The lowest BCUT2D eigenvalue weighted by molar-refractivity contribution is 0.401. The van der Waals surface area contributed by atoms with Crippen molar-refractivity contribution in [2.24, 2.45) is 5.92 Å². The van der Waals surface area contributed by atoms with Gasteiger partial charge in [-0.3, -0.25) is 0 Å². The van der Waals surface area contributed by atoms with Gasteiger partial charge in [0.05, 0.1) is 18.1 Å². The smallest absolute Gasteiger partial charge is 0.203 e. The van der Waals surface area contributed by atoms with Gasteiger partial charge in [-0.1, -0.05) is 30.3 Å². The molecule has 4 rings (SSSR count). The molecule has 3 aromatic rings. The average Bonchev–Trinajstić information content (AvgIpc) is 3.06. The van der Waals surface area contributed by atoms with E-state index in [9.17, 15) is 0 Å². The molecule has 1 aliphatic heterocycles. The Hall–Kier alpha value is -2.49. The fourth-order valence-corrected chi connectivity index (χ4v) is 3.55. The molecule has 1 fully saturated rings. The van der Waals surface area contributed by atoms with Crippen molar-refractivity contribution >= 4 is 17.0 Å². The SMILES string of the molecule is COc1ccc2nc(N3CCC(Cc4ccccc4)CC3)[nH]c2c1. The molecule has 1 N–H and O–H groups in total. The number of aromatic amines is 1. The van der Waals surface area contributed by atoms with Crippen molar-refractivity contribution in [2.45, 2.75) is 19.3 Å². The standard InChI is InChI=1S/C20H23N3O/c1-24-17-7-8-18-19(14-17)22-20(21-18)23-11-9-16(10-12-23)13-15-5-3-2-4-6-15/h2-8,14,16H,9-13H2,1H3,(H,21,22). The first-order valence-corrected chi connectivity index (χ1v) is 8.64. The van der Waals surface area contributed by atoms with Gasteiger partial charge in [0.15, 0.2) is 0 Å². The Morgan fingerprint density at radius 1 is 1.12 bits per heavy atom. The van der Waals surface area contributed by atoms with E-state index in [-0.39, 0.29) is 0 Å². The Labute approximate surface area is 142 Å². The second-order valence-electron chi connectivity index (χ2n) is 6.56. The van der Waals surface area contributed by atoms with Crippen LogP contribution < -0.4 is 9.64 Å². The number of H-pyrrole nitrogens is 1. The summed E-state index contributed by atoms with van der Waals surface area (Å²) in [6.45, 7) is 2.13. The summed E-state index contributed by atoms with van der Waals surface area (Å²) >= 11 is 0. The predicted octanol–water partition coefficient (Wildman–Crippen LogP) is 4.03. The number of anilines is 1. The highest BCUT2D eigenvalue weighted by molar-refractivity contribution is 5.79. The summed E-state index contributed by atoms with van der Waals surface area (Å²) < 4.78 is 5.29. The maximum atomic E-state index is 5.29. The van der Waals surface area contributed by atoms with Crippen molar-refractivity contribution in [3.05, 3.63) is 54.1 Å². The molecule has 2 aromatic carbocycles. The number of hydrogen-bond donors (Lipinski definition) is 1. The highest BCUT2D eigenvalue weighted by Gasteiger charge is 2.21. The van der Waals surface area contributed by atoms with Crippen LogP contribution in [-0.4, -0.2) is 30.2 Å². The van der Waals surface area contributed by atoms with Gasteiger partial charge in [-0.2, -0.15) is 0 Å². The van der Waals surface area contributed by atoms with E-state index in [0.29, 0.717) is 0 Å². The molecule has 2 heterocycles. The van der Waals surface area contributed by atoms with Crippen molar-refractivity contribution in [3.8, 4) is 5.75 Å². The van der Waals surface area contributed by atoms with Crippen LogP contribution in [0.25, 0.3) is 11.0 Å². The third-order valence-electron chi connectivity index (χ3n) is 4.96. The van der Waals surface area contributed by atoms with Crippen LogP contribution in [0.5, 0.6) is 5.75 Å². The summed E-state index contributed by atoms with van der Waals surface area (Å²) in [5.74, 6) is 2.61. The minimum atomic E-state index is 0.771. The van der Waals surface area contributed by atoms with Crippen LogP contribution in [-0.2, 0) is 6.42 Å². The third-order valence-corrected chi connectivity index (χ3v) is 4.96. The largest absolute Gasteiger partial charge is 0.497 e. The van der Waals surface area contributed by atoms with Gasteiger partial charge in [0.1, 0.15) is 5.75 Å². The molecule has 0 atom stereocenters. The van der Waals surface area contributed by atoms with Gasteiger partial charge in [-0.15, -0.1) is 0 Å². The normalized spacial score (nSPS) is 15.8. The number of methoxy groups -OCH3 is 1. The molecule has 24 heavy (non-hydrogen) atoms. The maximum absolute atomic E-state index is 5.29. The van der Waals surface area contributed by atoms with Gasteiger partial charge >= 0.3 is 0 Å². The first-order chi connectivity index (χ1) is 11.8. The zero-order valence-electron chi connectivity index (χ0n) is 14.0. The fraction of sp³-hybridized carbons (Fsp3) is 0.350. The number of piperidine rings is 1. The molecule has 1 saturated heterocycles. The molecular formula is C20H23N3O. The summed E-state index contributed by atoms with van der Waals surface area (Å²) in [5.41, 5.74) is 3.49. The summed E-state index contributed by atoms with van der Waals surface area (Å²) in [5, 5.41) is 0. The summed E-state index contributed by atoms with van der Waals surface area (Å²) in [6, 6.07) is 16.8. The number of benzene rings is 2. The number of imidazole rings is 1. The number of nitrogens with one attached hydrogen (secondary N) is 1. The van der Waals surface area contributed by atoms with E-state index in [1.165, 1.54) is 24.8 Å². The Morgan fingerprint density at radius 2 is 1.92 bits per heavy atom. The first kappa shape index (κ1) is 15.1. The van der Waals surface area contributed by atoms with E-state index in [1.54, 1.807) is 7.11 Å². The lowest BCUT2D eigenvalue weighted by Gasteiger charge is -2.31. The molecule has 0 bridgehead atoms. The lowest BCUT2D eigenvalue weighted by atomic mass is 9.90. The Balaban J connectivity index is 1.42. The van der Waals surface area contributed by atoms with E-state index >= 15 is 0 Å². The monoisotopic (exact) mass is 321 g/mol. The molecule has 0 aliphatic carbocycles. The first-order valence-electron chi connectivity index (χ1n) is 8.64. The summed E-state index contributed by atoms with van der Waals surface area (Å²) in [6.07, 6.45) is 3.62. The quantitative estimate of drug-likeness (QED) is 0.789. The number of hydrogen-bond acceptors (Lipinski definition) is 3. The fourth-order valence-electron chi connectivity index (χ4n) is 3.55. The van der Waals surface area contributed by atoms with Crippen LogP contribution in [0.3, 0.4) is 0 Å². The van der Waals surface area contributed by atoms with Gasteiger partial charge in [0.2, 0.25) is 5.95 Å². The molecule has 0 radical (unpaired) electrons. The molecule has 1 aromatic heterocycles. The molecule has 1 aliphatic rings. The van der Waals surface area contributed by atoms with Crippen molar-refractivity contribution in [1.82, 2.24) is 9.97 Å². The van der Waals surface area contributed by atoms with E-state index in [4.69, 9.17) is 9.72 Å². The Bertz CT molecular complexity index is 804. The number of ether oxygens (including phenoxy) is 1. The van der Waals surface area contributed by atoms with Crippen LogP contribution in [0, 0.1) is 5.92 Å². The second-order valence-corrected chi connectivity index (χ2v) is 6.56. The van der Waals surface area contributed by atoms with Crippen LogP contribution >= 0.6 is 0 Å². The van der Waals surface area contributed by atoms with Crippen molar-refractivity contribution < 1.29 is 4.74 Å². The average molecular weight is 321 g/mol. The second kappa shape index (κ2) is 6.56. The molecule has 0 unspecified atom stereocenters. The molecule has 124 valence electrons. The van der Waals surface area contributed by atoms with E-state index < -0.39 is 0 Å². The van der Waals surface area contributed by atoms with Crippen LogP contribution in [0.1, 0.15) is 18.4 Å². The Morgan fingerprint density at radius 3 is 2.67 bits per heavy atom. The highest BCUT2D eigenvalue weighted by Crippen LogP contribution is 2.27. The maximum Gasteiger partial charge on any atom is 0.203 e. The zero-order valence-corrected chi connectivity index (χ0v) is 14.0. The van der Waals surface area contributed by atoms with Gasteiger partial charge in [-0.05, 0) is 42.9 Å². The van der Waals surface area contributed by atoms with E-state index in [2.05, 4.69) is 40.2 Å². The Kier molecular flexibility index (Phi) is 4.11. The number of fused-ring (bicyclic) bond motifs is 1.